The predicted octanol–water partition coefficient (Wildman–Crippen LogP) is 5.96. The Balaban J connectivity index is 2.89. The van der Waals surface area contributed by atoms with E-state index in [0.29, 0.717) is 6.07 Å². The first-order valence-corrected chi connectivity index (χ1v) is 7.00. The number of alkyl halides is 4. The lowest BCUT2D eigenvalue weighted by Crippen LogP contribution is -2.11. The van der Waals surface area contributed by atoms with Crippen LogP contribution in [0.15, 0.2) is 18.2 Å². The highest BCUT2D eigenvalue weighted by atomic mass is 79.9. The SMILES string of the molecule is Fc1c(F)c(F)c(-c2cccc(C(F)(F)F)c2CBr)c(F)c1F. The summed E-state index contributed by atoms with van der Waals surface area (Å²) in [7, 11) is 0. The molecular weight excluding hydrogens is 400 g/mol. The van der Waals surface area contributed by atoms with Crippen molar-refractivity contribution in [2.75, 3.05) is 0 Å². The Morgan fingerprint density at radius 1 is 0.783 bits per heavy atom. The number of hydrogen-bond donors (Lipinski definition) is 0. The van der Waals surface area contributed by atoms with E-state index in [4.69, 9.17) is 0 Å². The summed E-state index contributed by atoms with van der Waals surface area (Å²) in [5.41, 5.74) is -4.01. The fraction of sp³-hybridized carbons (Fsp3) is 0.143. The zero-order valence-electron chi connectivity index (χ0n) is 10.8. The zero-order chi connectivity index (χ0) is 17.5. The average Bonchev–Trinajstić information content (AvgIpc) is 2.50. The second-order valence-corrected chi connectivity index (χ2v) is 4.97. The van der Waals surface area contributed by atoms with Gasteiger partial charge in [-0.2, -0.15) is 13.2 Å². The lowest BCUT2D eigenvalue weighted by molar-refractivity contribution is -0.138. The Hall–Kier alpha value is -1.64. The van der Waals surface area contributed by atoms with E-state index in [-0.39, 0.29) is 0 Å². The summed E-state index contributed by atoms with van der Waals surface area (Å²) in [5.74, 6) is -11.2. The minimum atomic E-state index is -4.86. The molecule has 0 saturated heterocycles. The van der Waals surface area contributed by atoms with Gasteiger partial charge in [0.1, 0.15) is 0 Å². The molecule has 0 amide bonds. The van der Waals surface area contributed by atoms with Gasteiger partial charge in [-0.25, -0.2) is 22.0 Å². The van der Waals surface area contributed by atoms with Crippen LogP contribution in [0.2, 0.25) is 0 Å². The minimum Gasteiger partial charge on any atom is -0.203 e. The maximum atomic E-state index is 13.8. The van der Waals surface area contributed by atoms with Crippen molar-refractivity contribution < 1.29 is 35.1 Å². The first kappa shape index (κ1) is 17.7. The minimum absolute atomic E-state index is 0.502. The van der Waals surface area contributed by atoms with Crippen LogP contribution in [0.3, 0.4) is 0 Å². The van der Waals surface area contributed by atoms with E-state index in [2.05, 4.69) is 15.9 Å². The molecule has 0 heterocycles. The number of halogens is 9. The smallest absolute Gasteiger partial charge is 0.203 e. The van der Waals surface area contributed by atoms with E-state index in [9.17, 15) is 35.1 Å². The van der Waals surface area contributed by atoms with E-state index < -0.39 is 62.8 Å². The molecule has 2 aromatic rings. The van der Waals surface area contributed by atoms with Crippen molar-refractivity contribution in [1.82, 2.24) is 0 Å². The van der Waals surface area contributed by atoms with Crippen LogP contribution in [0.25, 0.3) is 11.1 Å². The fourth-order valence-corrected chi connectivity index (χ4v) is 2.68. The van der Waals surface area contributed by atoms with Gasteiger partial charge in [0, 0.05) is 5.33 Å². The molecule has 0 aliphatic rings. The molecule has 0 N–H and O–H groups in total. The molecule has 0 saturated carbocycles. The van der Waals surface area contributed by atoms with Crippen LogP contribution in [0.5, 0.6) is 0 Å². The summed E-state index contributed by atoms with van der Waals surface area (Å²) in [6.45, 7) is 0. The molecule has 0 aromatic heterocycles. The topological polar surface area (TPSA) is 0 Å². The Morgan fingerprint density at radius 2 is 1.26 bits per heavy atom. The van der Waals surface area contributed by atoms with Crippen LogP contribution >= 0.6 is 15.9 Å². The normalized spacial score (nSPS) is 11.9. The van der Waals surface area contributed by atoms with Gasteiger partial charge in [-0.1, -0.05) is 28.1 Å². The van der Waals surface area contributed by atoms with Crippen molar-refractivity contribution in [2.24, 2.45) is 0 Å². The van der Waals surface area contributed by atoms with Gasteiger partial charge in [-0.05, 0) is 17.2 Å². The Morgan fingerprint density at radius 3 is 1.70 bits per heavy atom. The Kier molecular flexibility index (Phi) is 4.70. The highest BCUT2D eigenvalue weighted by Crippen LogP contribution is 2.40. The molecule has 9 heteroatoms. The molecule has 0 nitrogen and oxygen atoms in total. The molecule has 23 heavy (non-hydrogen) atoms. The van der Waals surface area contributed by atoms with Crippen LogP contribution in [-0.2, 0) is 11.5 Å². The van der Waals surface area contributed by atoms with Crippen molar-refractivity contribution in [3.05, 3.63) is 58.4 Å². The van der Waals surface area contributed by atoms with Gasteiger partial charge in [0.15, 0.2) is 23.3 Å². The van der Waals surface area contributed by atoms with E-state index in [1.165, 1.54) is 0 Å². The van der Waals surface area contributed by atoms with Gasteiger partial charge < -0.3 is 0 Å². The van der Waals surface area contributed by atoms with Gasteiger partial charge in [0.2, 0.25) is 5.82 Å². The molecule has 124 valence electrons. The van der Waals surface area contributed by atoms with Gasteiger partial charge in [-0.3, -0.25) is 0 Å². The summed E-state index contributed by atoms with van der Waals surface area (Å²) in [6, 6.07) is 2.32. The number of hydrogen-bond acceptors (Lipinski definition) is 0. The molecule has 0 spiro atoms. The van der Waals surface area contributed by atoms with Crippen molar-refractivity contribution >= 4 is 15.9 Å². The monoisotopic (exact) mass is 404 g/mol. The lowest BCUT2D eigenvalue weighted by Gasteiger charge is -2.17. The Bertz CT molecular complexity index is 737. The maximum absolute atomic E-state index is 13.8. The summed E-state index contributed by atoms with van der Waals surface area (Å²) in [4.78, 5) is 0. The highest BCUT2D eigenvalue weighted by molar-refractivity contribution is 9.08. The number of rotatable bonds is 2. The molecule has 0 atom stereocenters. The van der Waals surface area contributed by atoms with Crippen LogP contribution in [-0.4, -0.2) is 0 Å². The maximum Gasteiger partial charge on any atom is 0.416 e. The quantitative estimate of drug-likeness (QED) is 0.250. The molecule has 0 aliphatic carbocycles. The Labute approximate surface area is 132 Å². The van der Waals surface area contributed by atoms with E-state index in [1.54, 1.807) is 0 Å². The van der Waals surface area contributed by atoms with Crippen molar-refractivity contribution in [3.63, 3.8) is 0 Å². The van der Waals surface area contributed by atoms with Crippen LogP contribution < -0.4 is 0 Å². The lowest BCUT2D eigenvalue weighted by atomic mass is 9.95. The molecular formula is C14H5BrF8. The highest BCUT2D eigenvalue weighted by Gasteiger charge is 2.35. The van der Waals surface area contributed by atoms with Crippen molar-refractivity contribution in [1.29, 1.82) is 0 Å². The second kappa shape index (κ2) is 6.10. The molecule has 2 aromatic carbocycles. The first-order valence-electron chi connectivity index (χ1n) is 5.88. The standard InChI is InChI=1S/C14H5BrF8/c15-4-6-5(2-1-3-7(6)14(21,22)23)8-9(16)11(18)13(20)12(19)10(8)17/h1-3H,4H2. The van der Waals surface area contributed by atoms with Crippen LogP contribution in [0.1, 0.15) is 11.1 Å². The third kappa shape index (κ3) is 2.93. The zero-order valence-corrected chi connectivity index (χ0v) is 12.4. The van der Waals surface area contributed by atoms with Crippen molar-refractivity contribution in [3.8, 4) is 11.1 Å². The molecule has 0 bridgehead atoms. The molecule has 0 aliphatic heterocycles. The van der Waals surface area contributed by atoms with Crippen LogP contribution in [0, 0.1) is 29.1 Å². The van der Waals surface area contributed by atoms with Gasteiger partial charge in [0.25, 0.3) is 0 Å². The summed E-state index contributed by atoms with van der Waals surface area (Å²) >= 11 is 2.74. The fourth-order valence-electron chi connectivity index (χ4n) is 2.07. The second-order valence-electron chi connectivity index (χ2n) is 4.41. The van der Waals surface area contributed by atoms with Gasteiger partial charge in [-0.15, -0.1) is 0 Å². The molecule has 2 rings (SSSR count). The predicted molar refractivity (Wildman–Crippen MR) is 69.3 cm³/mol. The molecule has 0 unspecified atom stereocenters. The summed E-state index contributed by atoms with van der Waals surface area (Å²) in [6.07, 6.45) is -4.86. The molecule has 0 radical (unpaired) electrons. The largest absolute Gasteiger partial charge is 0.416 e. The third-order valence-corrected chi connectivity index (χ3v) is 3.65. The van der Waals surface area contributed by atoms with E-state index in [0.717, 1.165) is 12.1 Å². The van der Waals surface area contributed by atoms with Gasteiger partial charge in [0.05, 0.1) is 11.1 Å². The average molecular weight is 405 g/mol. The number of benzene rings is 2. The summed E-state index contributed by atoms with van der Waals surface area (Å²) < 4.78 is 106. The first-order chi connectivity index (χ1) is 10.6. The van der Waals surface area contributed by atoms with Crippen LogP contribution in [0.4, 0.5) is 35.1 Å². The molecule has 0 fully saturated rings. The third-order valence-electron chi connectivity index (χ3n) is 3.09. The van der Waals surface area contributed by atoms with E-state index >= 15 is 0 Å². The van der Waals surface area contributed by atoms with Crippen molar-refractivity contribution in [2.45, 2.75) is 11.5 Å². The summed E-state index contributed by atoms with van der Waals surface area (Å²) in [5, 5.41) is -0.502. The van der Waals surface area contributed by atoms with Gasteiger partial charge >= 0.3 is 6.18 Å². The van der Waals surface area contributed by atoms with E-state index in [1.807, 2.05) is 0 Å².